The lowest BCUT2D eigenvalue weighted by Crippen LogP contribution is -1.83. The molecular weight excluding hydrogens is 180 g/mol. The molecule has 0 amide bonds. The second kappa shape index (κ2) is 4.14. The van der Waals surface area contributed by atoms with Crippen LogP contribution in [-0.2, 0) is 0 Å². The summed E-state index contributed by atoms with van der Waals surface area (Å²) in [5, 5.41) is 2.59. The van der Waals surface area contributed by atoms with Gasteiger partial charge in [0.2, 0.25) is 0 Å². The van der Waals surface area contributed by atoms with E-state index in [-0.39, 0.29) is 0 Å². The molecule has 0 spiro atoms. The third-order valence-electron chi connectivity index (χ3n) is 2.59. The average Bonchev–Trinajstić information content (AvgIpc) is 2.28. The molecular formula is C15H14. The normalized spacial score (nSPS) is 11.0. The minimum atomic E-state index is 1.28. The van der Waals surface area contributed by atoms with Crippen molar-refractivity contribution in [3.05, 3.63) is 66.3 Å². The Morgan fingerprint density at radius 2 is 1.87 bits per heavy atom. The zero-order valence-corrected chi connectivity index (χ0v) is 8.90. The van der Waals surface area contributed by atoms with Crippen molar-refractivity contribution in [1.82, 2.24) is 0 Å². The first-order valence-corrected chi connectivity index (χ1v) is 5.10. The fraction of sp³-hybridized carbons (Fsp3) is 0.0667. The van der Waals surface area contributed by atoms with Crippen molar-refractivity contribution >= 4 is 16.8 Å². The highest BCUT2D eigenvalue weighted by Gasteiger charge is 1.99. The van der Waals surface area contributed by atoms with Crippen LogP contribution in [-0.4, -0.2) is 0 Å². The third-order valence-corrected chi connectivity index (χ3v) is 2.59. The minimum absolute atomic E-state index is 1.28. The predicted octanol–water partition coefficient (Wildman–Crippen LogP) is 4.35. The summed E-state index contributed by atoms with van der Waals surface area (Å²) in [4.78, 5) is 0. The van der Waals surface area contributed by atoms with Gasteiger partial charge in [0, 0.05) is 0 Å². The molecule has 0 saturated heterocycles. The van der Waals surface area contributed by atoms with Gasteiger partial charge in [0.1, 0.15) is 0 Å². The van der Waals surface area contributed by atoms with Crippen molar-refractivity contribution < 1.29 is 0 Å². The highest BCUT2D eigenvalue weighted by atomic mass is 14.0. The molecule has 0 atom stereocenters. The largest absolute Gasteiger partial charge is 0.0991 e. The van der Waals surface area contributed by atoms with E-state index in [0.29, 0.717) is 0 Å². The summed E-state index contributed by atoms with van der Waals surface area (Å²) < 4.78 is 0. The number of allylic oxidation sites excluding steroid dienone is 2. The smallest absolute Gasteiger partial charge is 0.0109 e. The molecule has 0 aliphatic rings. The lowest BCUT2D eigenvalue weighted by molar-refractivity contribution is 1.48. The lowest BCUT2D eigenvalue weighted by Gasteiger charge is -2.05. The predicted molar refractivity (Wildman–Crippen MR) is 67.9 cm³/mol. The first kappa shape index (κ1) is 9.72. The van der Waals surface area contributed by atoms with Crippen LogP contribution in [0, 0.1) is 6.92 Å². The average molecular weight is 194 g/mol. The SMILES string of the molecule is C=C/C=C\c1c(C)ccc2ccccc12. The molecule has 0 bridgehead atoms. The highest BCUT2D eigenvalue weighted by Crippen LogP contribution is 2.23. The summed E-state index contributed by atoms with van der Waals surface area (Å²) >= 11 is 0. The van der Waals surface area contributed by atoms with Gasteiger partial charge < -0.3 is 0 Å². The van der Waals surface area contributed by atoms with Crippen LogP contribution >= 0.6 is 0 Å². The molecule has 0 aliphatic carbocycles. The summed E-state index contributed by atoms with van der Waals surface area (Å²) in [6, 6.07) is 12.8. The molecule has 0 heteroatoms. The van der Waals surface area contributed by atoms with Gasteiger partial charge in [0.15, 0.2) is 0 Å². The lowest BCUT2D eigenvalue weighted by atomic mass is 9.99. The highest BCUT2D eigenvalue weighted by molar-refractivity contribution is 5.91. The second-order valence-corrected chi connectivity index (χ2v) is 3.61. The van der Waals surface area contributed by atoms with Crippen LogP contribution in [0.3, 0.4) is 0 Å². The molecule has 0 unspecified atom stereocenters. The van der Waals surface area contributed by atoms with E-state index >= 15 is 0 Å². The van der Waals surface area contributed by atoms with E-state index in [1.807, 2.05) is 6.08 Å². The van der Waals surface area contributed by atoms with Gasteiger partial charge in [0.05, 0.1) is 0 Å². The van der Waals surface area contributed by atoms with Gasteiger partial charge in [-0.2, -0.15) is 0 Å². The van der Waals surface area contributed by atoms with Gasteiger partial charge in [-0.25, -0.2) is 0 Å². The van der Waals surface area contributed by atoms with Crippen molar-refractivity contribution in [1.29, 1.82) is 0 Å². The van der Waals surface area contributed by atoms with Gasteiger partial charge in [0.25, 0.3) is 0 Å². The monoisotopic (exact) mass is 194 g/mol. The number of fused-ring (bicyclic) bond motifs is 1. The van der Waals surface area contributed by atoms with Crippen molar-refractivity contribution in [2.24, 2.45) is 0 Å². The van der Waals surface area contributed by atoms with Gasteiger partial charge >= 0.3 is 0 Å². The van der Waals surface area contributed by atoms with Gasteiger partial charge in [-0.3, -0.25) is 0 Å². The molecule has 0 fully saturated rings. The summed E-state index contributed by atoms with van der Waals surface area (Å²) in [6.07, 6.45) is 5.90. The zero-order valence-electron chi connectivity index (χ0n) is 8.90. The maximum atomic E-state index is 3.70. The van der Waals surface area contributed by atoms with Crippen molar-refractivity contribution in [2.45, 2.75) is 6.92 Å². The Morgan fingerprint density at radius 3 is 2.67 bits per heavy atom. The molecule has 0 nitrogen and oxygen atoms in total. The molecule has 0 aliphatic heterocycles. The topological polar surface area (TPSA) is 0 Å². The summed E-state index contributed by atoms with van der Waals surface area (Å²) in [5.74, 6) is 0. The molecule has 0 saturated carbocycles. The van der Waals surface area contributed by atoms with Crippen LogP contribution in [0.25, 0.3) is 16.8 Å². The number of aryl methyl sites for hydroxylation is 1. The Bertz CT molecular complexity index is 519. The van der Waals surface area contributed by atoms with Crippen molar-refractivity contribution in [3.8, 4) is 0 Å². The molecule has 2 aromatic rings. The maximum absolute atomic E-state index is 3.70. The maximum Gasteiger partial charge on any atom is -0.0109 e. The molecule has 15 heavy (non-hydrogen) atoms. The molecule has 0 radical (unpaired) electrons. The van der Waals surface area contributed by atoms with E-state index in [1.165, 1.54) is 21.9 Å². The Morgan fingerprint density at radius 1 is 1.07 bits per heavy atom. The van der Waals surface area contributed by atoms with E-state index in [4.69, 9.17) is 0 Å². The minimum Gasteiger partial charge on any atom is -0.0991 e. The number of hydrogen-bond donors (Lipinski definition) is 0. The molecule has 0 aromatic heterocycles. The second-order valence-electron chi connectivity index (χ2n) is 3.61. The first-order valence-electron chi connectivity index (χ1n) is 5.10. The molecule has 0 N–H and O–H groups in total. The third kappa shape index (κ3) is 1.84. The molecule has 2 rings (SSSR count). The summed E-state index contributed by atoms with van der Waals surface area (Å²) in [5.41, 5.74) is 2.58. The fourth-order valence-corrected chi connectivity index (χ4v) is 1.79. The van der Waals surface area contributed by atoms with Crippen molar-refractivity contribution in [2.75, 3.05) is 0 Å². The van der Waals surface area contributed by atoms with E-state index in [2.05, 4.69) is 56.0 Å². The van der Waals surface area contributed by atoms with Crippen LogP contribution in [0.15, 0.2) is 55.1 Å². The summed E-state index contributed by atoms with van der Waals surface area (Å²) in [7, 11) is 0. The Balaban J connectivity index is 2.73. The quantitative estimate of drug-likeness (QED) is 0.623. The zero-order chi connectivity index (χ0) is 10.7. The van der Waals surface area contributed by atoms with Crippen LogP contribution in [0.5, 0.6) is 0 Å². The van der Waals surface area contributed by atoms with Crippen LogP contribution in [0.1, 0.15) is 11.1 Å². The van der Waals surface area contributed by atoms with Gasteiger partial charge in [-0.1, -0.05) is 61.2 Å². The number of rotatable bonds is 2. The first-order chi connectivity index (χ1) is 7.33. The summed E-state index contributed by atoms with van der Waals surface area (Å²) in [6.45, 7) is 5.83. The van der Waals surface area contributed by atoms with Crippen LogP contribution < -0.4 is 0 Å². The van der Waals surface area contributed by atoms with Crippen molar-refractivity contribution in [3.63, 3.8) is 0 Å². The number of benzene rings is 2. The Hall–Kier alpha value is -1.82. The number of hydrogen-bond acceptors (Lipinski definition) is 0. The molecule has 74 valence electrons. The van der Waals surface area contributed by atoms with Crippen LogP contribution in [0.4, 0.5) is 0 Å². The van der Waals surface area contributed by atoms with Gasteiger partial charge in [-0.15, -0.1) is 0 Å². The Labute approximate surface area is 90.6 Å². The van der Waals surface area contributed by atoms with Crippen LogP contribution in [0.2, 0.25) is 0 Å². The molecule has 2 aromatic carbocycles. The Kier molecular flexibility index (Phi) is 2.68. The van der Waals surface area contributed by atoms with E-state index in [9.17, 15) is 0 Å². The van der Waals surface area contributed by atoms with Gasteiger partial charge in [-0.05, 0) is 28.8 Å². The van der Waals surface area contributed by atoms with E-state index in [1.54, 1.807) is 6.08 Å². The fourth-order valence-electron chi connectivity index (χ4n) is 1.79. The van der Waals surface area contributed by atoms with E-state index < -0.39 is 0 Å². The van der Waals surface area contributed by atoms with E-state index in [0.717, 1.165) is 0 Å². The molecule has 0 heterocycles. The standard InChI is InChI=1S/C15H14/c1-3-4-8-14-12(2)10-11-13-7-5-6-9-15(13)14/h3-11H,1H2,2H3/b8-4-.